The number of carbonyl (C=O) groups excluding carboxylic acids is 2. The molecule has 3 rings (SSSR count). The smallest absolute Gasteiger partial charge is 0.320 e. The molecule has 1 aromatic carbocycles. The summed E-state index contributed by atoms with van der Waals surface area (Å²) in [6, 6.07) is 8.80. The Hall–Kier alpha value is -2.12. The number of para-hydroxylation sites is 1. The number of benzene rings is 1. The number of halogens is 1. The van der Waals surface area contributed by atoms with E-state index < -0.39 is 12.0 Å². The van der Waals surface area contributed by atoms with E-state index in [4.69, 9.17) is 0 Å². The first kappa shape index (κ1) is 21.2. The lowest BCUT2D eigenvalue weighted by atomic mass is 9.95. The van der Waals surface area contributed by atoms with Gasteiger partial charge in [0.05, 0.1) is 6.54 Å². The summed E-state index contributed by atoms with van der Waals surface area (Å²) in [6.45, 7) is 1.88. The van der Waals surface area contributed by atoms with Crippen LogP contribution in [0.3, 0.4) is 0 Å². The van der Waals surface area contributed by atoms with Crippen LogP contribution in [0.25, 0.3) is 0 Å². The topological polar surface area (TPSA) is 90.0 Å². The van der Waals surface area contributed by atoms with E-state index in [-0.39, 0.29) is 36.7 Å². The van der Waals surface area contributed by atoms with Gasteiger partial charge in [0, 0.05) is 24.7 Å². The van der Waals surface area contributed by atoms with Crippen molar-refractivity contribution in [1.82, 2.24) is 9.80 Å². The molecule has 27 heavy (non-hydrogen) atoms. The lowest BCUT2D eigenvalue weighted by molar-refractivity contribution is -0.144. The molecule has 2 saturated heterocycles. The lowest BCUT2D eigenvalue weighted by Crippen LogP contribution is -2.47. The van der Waals surface area contributed by atoms with Gasteiger partial charge in [-0.25, -0.2) is 0 Å². The van der Waals surface area contributed by atoms with Crippen molar-refractivity contribution in [1.29, 1.82) is 0 Å². The third kappa shape index (κ3) is 5.43. The van der Waals surface area contributed by atoms with Crippen molar-refractivity contribution in [3.63, 3.8) is 0 Å². The van der Waals surface area contributed by atoms with Gasteiger partial charge in [-0.3, -0.25) is 19.3 Å². The van der Waals surface area contributed by atoms with E-state index in [1.165, 1.54) is 0 Å². The predicted molar refractivity (Wildman–Crippen MR) is 104 cm³/mol. The highest BCUT2D eigenvalue weighted by atomic mass is 35.5. The molecule has 2 fully saturated rings. The number of aliphatic carboxylic acids is 1. The molecule has 2 N–H and O–H groups in total. The van der Waals surface area contributed by atoms with Gasteiger partial charge in [0.2, 0.25) is 11.8 Å². The standard InChI is InChI=1S/C19H25N3O4.ClH/c23-17(13-22-10-4-7-16(22)19(25)26)21-11-8-14(9-12-21)18(24)20-15-5-2-1-3-6-15;/h1-3,5-6,14,16H,4,7-13H2,(H,20,24)(H,25,26);1H. The summed E-state index contributed by atoms with van der Waals surface area (Å²) in [5.74, 6) is -1.00. The maximum Gasteiger partial charge on any atom is 0.320 e. The number of hydrogen-bond acceptors (Lipinski definition) is 4. The maximum atomic E-state index is 12.5. The van der Waals surface area contributed by atoms with Gasteiger partial charge >= 0.3 is 5.97 Å². The van der Waals surface area contributed by atoms with E-state index >= 15 is 0 Å². The van der Waals surface area contributed by atoms with Crippen molar-refractivity contribution in [2.45, 2.75) is 31.7 Å². The molecule has 148 valence electrons. The second-order valence-corrected chi connectivity index (χ2v) is 6.98. The first-order chi connectivity index (χ1) is 12.5. The fraction of sp³-hybridized carbons (Fsp3) is 0.526. The summed E-state index contributed by atoms with van der Waals surface area (Å²) in [5, 5.41) is 12.1. The van der Waals surface area contributed by atoms with E-state index in [0.717, 1.165) is 12.1 Å². The summed E-state index contributed by atoms with van der Waals surface area (Å²) >= 11 is 0. The zero-order valence-corrected chi connectivity index (χ0v) is 16.0. The second-order valence-electron chi connectivity index (χ2n) is 6.98. The molecule has 0 aromatic heterocycles. The minimum Gasteiger partial charge on any atom is -0.480 e. The van der Waals surface area contributed by atoms with Crippen LogP contribution >= 0.6 is 12.4 Å². The molecule has 0 saturated carbocycles. The summed E-state index contributed by atoms with van der Waals surface area (Å²) in [7, 11) is 0. The lowest BCUT2D eigenvalue weighted by Gasteiger charge is -2.33. The average Bonchev–Trinajstić information content (AvgIpc) is 3.11. The Kier molecular flexibility index (Phi) is 7.62. The Morgan fingerprint density at radius 2 is 1.70 bits per heavy atom. The van der Waals surface area contributed by atoms with Gasteiger partial charge in [-0.2, -0.15) is 0 Å². The molecule has 0 spiro atoms. The van der Waals surface area contributed by atoms with Gasteiger partial charge in [0.25, 0.3) is 0 Å². The van der Waals surface area contributed by atoms with Crippen molar-refractivity contribution < 1.29 is 19.5 Å². The number of anilines is 1. The molecule has 2 heterocycles. The average molecular weight is 396 g/mol. The van der Waals surface area contributed by atoms with Crippen molar-refractivity contribution in [3.8, 4) is 0 Å². The molecule has 0 radical (unpaired) electrons. The normalized spacial score (nSPS) is 20.7. The third-order valence-corrected chi connectivity index (χ3v) is 5.25. The number of nitrogens with one attached hydrogen (secondary N) is 1. The highest BCUT2D eigenvalue weighted by Crippen LogP contribution is 2.21. The molecule has 1 aromatic rings. The molecular weight excluding hydrogens is 370 g/mol. The monoisotopic (exact) mass is 395 g/mol. The van der Waals surface area contributed by atoms with E-state index in [1.807, 2.05) is 30.3 Å². The van der Waals surface area contributed by atoms with Crippen molar-refractivity contribution in [2.24, 2.45) is 5.92 Å². The molecule has 2 aliphatic rings. The number of carbonyl (C=O) groups is 3. The molecular formula is C19H26ClN3O4. The molecule has 1 unspecified atom stereocenters. The first-order valence-electron chi connectivity index (χ1n) is 9.15. The fourth-order valence-corrected chi connectivity index (χ4v) is 3.73. The van der Waals surface area contributed by atoms with Crippen LogP contribution in [-0.4, -0.2) is 64.9 Å². The number of carboxylic acid groups (broad SMARTS) is 1. The van der Waals surface area contributed by atoms with E-state index in [2.05, 4.69) is 5.32 Å². The number of hydrogen-bond donors (Lipinski definition) is 2. The second kappa shape index (κ2) is 9.71. The Labute approximate surface area is 165 Å². The van der Waals surface area contributed by atoms with Gasteiger partial charge < -0.3 is 15.3 Å². The molecule has 2 aliphatic heterocycles. The predicted octanol–water partition coefficient (Wildman–Crippen LogP) is 1.83. The molecule has 7 nitrogen and oxygen atoms in total. The maximum absolute atomic E-state index is 12.5. The van der Waals surface area contributed by atoms with E-state index in [0.29, 0.717) is 38.9 Å². The first-order valence-corrected chi connectivity index (χ1v) is 9.15. The quantitative estimate of drug-likeness (QED) is 0.793. The van der Waals surface area contributed by atoms with Crippen molar-refractivity contribution in [2.75, 3.05) is 31.5 Å². The number of likely N-dealkylation sites (tertiary alicyclic amines) is 2. The largest absolute Gasteiger partial charge is 0.480 e. The fourth-order valence-electron chi connectivity index (χ4n) is 3.73. The van der Waals surface area contributed by atoms with Crippen molar-refractivity contribution in [3.05, 3.63) is 30.3 Å². The van der Waals surface area contributed by atoms with E-state index in [9.17, 15) is 19.5 Å². The molecule has 1 atom stereocenters. The van der Waals surface area contributed by atoms with Crippen molar-refractivity contribution >= 4 is 35.9 Å². The van der Waals surface area contributed by atoms with Gasteiger partial charge in [0.15, 0.2) is 0 Å². The summed E-state index contributed by atoms with van der Waals surface area (Å²) in [4.78, 5) is 39.6. The Morgan fingerprint density at radius 3 is 2.33 bits per heavy atom. The zero-order valence-electron chi connectivity index (χ0n) is 15.2. The molecule has 0 bridgehead atoms. The Morgan fingerprint density at radius 1 is 1.04 bits per heavy atom. The number of rotatable bonds is 5. The van der Waals surface area contributed by atoms with Crippen LogP contribution in [0.4, 0.5) is 5.69 Å². The van der Waals surface area contributed by atoms with Crippen LogP contribution in [-0.2, 0) is 14.4 Å². The molecule has 2 amide bonds. The summed E-state index contributed by atoms with van der Waals surface area (Å²) in [6.07, 6.45) is 2.68. The minimum atomic E-state index is -0.855. The third-order valence-electron chi connectivity index (χ3n) is 5.25. The van der Waals surface area contributed by atoms with Gasteiger partial charge in [0.1, 0.15) is 6.04 Å². The van der Waals surface area contributed by atoms with Crippen LogP contribution < -0.4 is 5.32 Å². The number of carboxylic acids is 1. The highest BCUT2D eigenvalue weighted by Gasteiger charge is 2.34. The van der Waals surface area contributed by atoms with Crippen LogP contribution in [0.1, 0.15) is 25.7 Å². The summed E-state index contributed by atoms with van der Waals surface area (Å²) < 4.78 is 0. The SMILES string of the molecule is Cl.O=C(Nc1ccccc1)C1CCN(C(=O)CN2CCCC2C(=O)O)CC1. The van der Waals surface area contributed by atoms with Crippen LogP contribution in [0, 0.1) is 5.92 Å². The van der Waals surface area contributed by atoms with Crippen LogP contribution in [0.2, 0.25) is 0 Å². The van der Waals surface area contributed by atoms with Gasteiger partial charge in [-0.05, 0) is 44.4 Å². The number of amides is 2. The Balaban J connectivity index is 0.00000261. The number of piperidine rings is 1. The van der Waals surface area contributed by atoms with Gasteiger partial charge in [-0.1, -0.05) is 18.2 Å². The Bertz CT molecular complexity index is 662. The minimum absolute atomic E-state index is 0. The van der Waals surface area contributed by atoms with Crippen LogP contribution in [0.5, 0.6) is 0 Å². The number of nitrogens with zero attached hydrogens (tertiary/aromatic N) is 2. The zero-order chi connectivity index (χ0) is 18.5. The van der Waals surface area contributed by atoms with Crippen LogP contribution in [0.15, 0.2) is 30.3 Å². The molecule has 8 heteroatoms. The van der Waals surface area contributed by atoms with Gasteiger partial charge in [-0.15, -0.1) is 12.4 Å². The highest BCUT2D eigenvalue weighted by molar-refractivity contribution is 5.92. The molecule has 0 aliphatic carbocycles. The summed E-state index contributed by atoms with van der Waals surface area (Å²) in [5.41, 5.74) is 0.782. The van der Waals surface area contributed by atoms with E-state index in [1.54, 1.807) is 9.80 Å².